The quantitative estimate of drug-likeness (QED) is 0.799. The Bertz CT molecular complexity index is 386. The summed E-state index contributed by atoms with van der Waals surface area (Å²) in [7, 11) is -3.65. The van der Waals surface area contributed by atoms with E-state index in [0.717, 1.165) is 10.7 Å². The standard InChI is InChI=1S/C11H22N2O4S/c1-4-12(8-11(14)15)18(16,17)13-6-9(2)5-10(3)7-13/h9-10H,4-8H2,1-3H3,(H,14,15). The predicted octanol–water partition coefficient (Wildman–Crippen LogP) is 0.616. The van der Waals surface area contributed by atoms with Gasteiger partial charge in [0, 0.05) is 19.6 Å². The number of likely N-dealkylation sites (N-methyl/N-ethyl adjacent to an activating group) is 1. The van der Waals surface area contributed by atoms with Crippen LogP contribution in [0.5, 0.6) is 0 Å². The molecule has 0 aromatic heterocycles. The Morgan fingerprint density at radius 3 is 2.22 bits per heavy atom. The van der Waals surface area contributed by atoms with Gasteiger partial charge >= 0.3 is 5.97 Å². The van der Waals surface area contributed by atoms with E-state index in [2.05, 4.69) is 0 Å². The molecular formula is C11H22N2O4S. The molecular weight excluding hydrogens is 256 g/mol. The van der Waals surface area contributed by atoms with Crippen molar-refractivity contribution in [1.82, 2.24) is 8.61 Å². The number of carbonyl (C=O) groups is 1. The molecule has 18 heavy (non-hydrogen) atoms. The number of carboxylic acid groups (broad SMARTS) is 1. The largest absolute Gasteiger partial charge is 0.480 e. The minimum Gasteiger partial charge on any atom is -0.480 e. The van der Waals surface area contributed by atoms with Gasteiger partial charge in [-0.3, -0.25) is 4.79 Å². The second-order valence-corrected chi connectivity index (χ2v) is 7.02. The van der Waals surface area contributed by atoms with Gasteiger partial charge in [-0.05, 0) is 18.3 Å². The van der Waals surface area contributed by atoms with Gasteiger partial charge in [0.05, 0.1) is 0 Å². The first kappa shape index (κ1) is 15.4. The molecule has 0 bridgehead atoms. The number of hydrogen-bond acceptors (Lipinski definition) is 3. The van der Waals surface area contributed by atoms with Crippen LogP contribution in [0.4, 0.5) is 0 Å². The Labute approximate surface area is 109 Å². The summed E-state index contributed by atoms with van der Waals surface area (Å²) in [6.07, 6.45) is 1.01. The van der Waals surface area contributed by atoms with Gasteiger partial charge in [-0.1, -0.05) is 20.8 Å². The molecule has 1 rings (SSSR count). The molecule has 0 aromatic carbocycles. The van der Waals surface area contributed by atoms with Crippen LogP contribution in [-0.2, 0) is 15.0 Å². The fourth-order valence-electron chi connectivity index (χ4n) is 2.46. The lowest BCUT2D eigenvalue weighted by atomic mass is 9.94. The third kappa shape index (κ3) is 3.66. The first-order chi connectivity index (χ1) is 8.27. The molecule has 2 atom stereocenters. The summed E-state index contributed by atoms with van der Waals surface area (Å²) in [5.74, 6) is -0.502. The zero-order chi connectivity index (χ0) is 13.9. The van der Waals surface area contributed by atoms with Gasteiger partial charge < -0.3 is 5.11 Å². The van der Waals surface area contributed by atoms with E-state index in [0.29, 0.717) is 24.9 Å². The van der Waals surface area contributed by atoms with Crippen molar-refractivity contribution in [1.29, 1.82) is 0 Å². The number of rotatable bonds is 5. The Morgan fingerprint density at radius 2 is 1.83 bits per heavy atom. The molecule has 0 saturated carbocycles. The van der Waals surface area contributed by atoms with Crippen LogP contribution in [0.2, 0.25) is 0 Å². The van der Waals surface area contributed by atoms with Gasteiger partial charge in [0.1, 0.15) is 6.54 Å². The summed E-state index contributed by atoms with van der Waals surface area (Å²) in [4.78, 5) is 10.7. The van der Waals surface area contributed by atoms with Crippen LogP contribution in [-0.4, -0.2) is 54.3 Å². The van der Waals surface area contributed by atoms with E-state index >= 15 is 0 Å². The lowest BCUT2D eigenvalue weighted by molar-refractivity contribution is -0.137. The summed E-state index contributed by atoms with van der Waals surface area (Å²) in [6, 6.07) is 0. The van der Waals surface area contributed by atoms with Crippen molar-refractivity contribution in [3.05, 3.63) is 0 Å². The molecule has 1 fully saturated rings. The number of hydrogen-bond donors (Lipinski definition) is 1. The summed E-state index contributed by atoms with van der Waals surface area (Å²) >= 11 is 0. The van der Waals surface area contributed by atoms with Crippen molar-refractivity contribution in [3.63, 3.8) is 0 Å². The molecule has 106 valence electrons. The van der Waals surface area contributed by atoms with E-state index in [4.69, 9.17) is 5.11 Å². The first-order valence-electron chi connectivity index (χ1n) is 6.24. The van der Waals surface area contributed by atoms with Crippen molar-refractivity contribution in [2.45, 2.75) is 27.2 Å². The molecule has 1 saturated heterocycles. The van der Waals surface area contributed by atoms with Crippen LogP contribution < -0.4 is 0 Å². The number of carboxylic acids is 1. The van der Waals surface area contributed by atoms with E-state index in [1.807, 2.05) is 13.8 Å². The number of aliphatic carboxylic acids is 1. The van der Waals surface area contributed by atoms with E-state index in [1.54, 1.807) is 6.92 Å². The van der Waals surface area contributed by atoms with Gasteiger partial charge in [0.2, 0.25) is 0 Å². The molecule has 6 nitrogen and oxygen atoms in total. The zero-order valence-electron chi connectivity index (χ0n) is 11.2. The highest BCUT2D eigenvalue weighted by Gasteiger charge is 2.34. The average molecular weight is 278 g/mol. The van der Waals surface area contributed by atoms with Crippen molar-refractivity contribution >= 4 is 16.2 Å². The Hall–Kier alpha value is -0.660. The molecule has 0 aromatic rings. The Balaban J connectivity index is 2.86. The minimum absolute atomic E-state index is 0.174. The SMILES string of the molecule is CCN(CC(=O)O)S(=O)(=O)N1CC(C)CC(C)C1. The lowest BCUT2D eigenvalue weighted by Gasteiger charge is -2.36. The molecule has 0 amide bonds. The highest BCUT2D eigenvalue weighted by molar-refractivity contribution is 7.86. The Kier molecular flexibility index (Phi) is 5.12. The molecule has 0 aliphatic carbocycles. The second kappa shape index (κ2) is 5.99. The molecule has 2 unspecified atom stereocenters. The van der Waals surface area contributed by atoms with E-state index in [9.17, 15) is 13.2 Å². The van der Waals surface area contributed by atoms with Crippen LogP contribution in [0, 0.1) is 11.8 Å². The molecule has 1 heterocycles. The van der Waals surface area contributed by atoms with Gasteiger partial charge in [-0.15, -0.1) is 0 Å². The maximum Gasteiger partial charge on any atom is 0.318 e. The maximum absolute atomic E-state index is 12.3. The third-order valence-corrected chi connectivity index (χ3v) is 5.14. The van der Waals surface area contributed by atoms with Crippen LogP contribution in [0.15, 0.2) is 0 Å². The van der Waals surface area contributed by atoms with Gasteiger partial charge in [-0.2, -0.15) is 17.0 Å². The average Bonchev–Trinajstić information content (AvgIpc) is 2.24. The molecule has 1 aliphatic rings. The fraction of sp³-hybridized carbons (Fsp3) is 0.909. The van der Waals surface area contributed by atoms with Crippen molar-refractivity contribution in [3.8, 4) is 0 Å². The monoisotopic (exact) mass is 278 g/mol. The number of piperidine rings is 1. The zero-order valence-corrected chi connectivity index (χ0v) is 12.0. The summed E-state index contributed by atoms with van der Waals surface area (Å²) in [5.41, 5.74) is 0. The van der Waals surface area contributed by atoms with Crippen LogP contribution in [0.3, 0.4) is 0 Å². The van der Waals surface area contributed by atoms with E-state index in [-0.39, 0.29) is 6.54 Å². The third-order valence-electron chi connectivity index (χ3n) is 3.15. The van der Waals surface area contributed by atoms with Crippen LogP contribution in [0.25, 0.3) is 0 Å². The normalized spacial score (nSPS) is 26.4. The molecule has 0 radical (unpaired) electrons. The van der Waals surface area contributed by atoms with Crippen LogP contribution in [0.1, 0.15) is 27.2 Å². The summed E-state index contributed by atoms with van der Waals surface area (Å²) < 4.78 is 27.1. The first-order valence-corrected chi connectivity index (χ1v) is 7.64. The molecule has 1 N–H and O–H groups in total. The highest BCUT2D eigenvalue weighted by Crippen LogP contribution is 2.24. The molecule has 0 spiro atoms. The second-order valence-electron chi connectivity index (χ2n) is 5.09. The smallest absolute Gasteiger partial charge is 0.318 e. The molecule has 1 aliphatic heterocycles. The summed E-state index contributed by atoms with van der Waals surface area (Å²) in [5, 5.41) is 8.76. The fourth-order valence-corrected chi connectivity index (χ4v) is 4.28. The van der Waals surface area contributed by atoms with E-state index in [1.165, 1.54) is 4.31 Å². The van der Waals surface area contributed by atoms with Crippen LogP contribution >= 0.6 is 0 Å². The van der Waals surface area contributed by atoms with Gasteiger partial charge in [0.15, 0.2) is 0 Å². The topological polar surface area (TPSA) is 77.9 Å². The van der Waals surface area contributed by atoms with Crippen molar-refractivity contribution in [2.75, 3.05) is 26.2 Å². The predicted molar refractivity (Wildman–Crippen MR) is 68.3 cm³/mol. The maximum atomic E-state index is 12.3. The molecule has 7 heteroatoms. The van der Waals surface area contributed by atoms with Crippen molar-refractivity contribution in [2.24, 2.45) is 11.8 Å². The lowest BCUT2D eigenvalue weighted by Crippen LogP contribution is -2.50. The highest BCUT2D eigenvalue weighted by atomic mass is 32.2. The van der Waals surface area contributed by atoms with Gasteiger partial charge in [-0.25, -0.2) is 0 Å². The number of nitrogens with zero attached hydrogens (tertiary/aromatic N) is 2. The van der Waals surface area contributed by atoms with E-state index < -0.39 is 22.7 Å². The Morgan fingerprint density at radius 1 is 1.33 bits per heavy atom. The van der Waals surface area contributed by atoms with Crippen molar-refractivity contribution < 1.29 is 18.3 Å². The minimum atomic E-state index is -3.65. The van der Waals surface area contributed by atoms with Gasteiger partial charge in [0.25, 0.3) is 10.2 Å². The summed E-state index contributed by atoms with van der Waals surface area (Å²) in [6.45, 7) is 6.34.